The van der Waals surface area contributed by atoms with Gasteiger partial charge in [-0.3, -0.25) is 9.59 Å². The van der Waals surface area contributed by atoms with Crippen molar-refractivity contribution >= 4 is 16.9 Å². The van der Waals surface area contributed by atoms with Gasteiger partial charge in [0, 0.05) is 6.54 Å². The van der Waals surface area contributed by atoms with Crippen LogP contribution in [0.1, 0.15) is 34.1 Å². The van der Waals surface area contributed by atoms with E-state index >= 15 is 0 Å². The molecule has 0 spiro atoms. The molecule has 1 amide bonds. The first-order valence-corrected chi connectivity index (χ1v) is 10.8. The van der Waals surface area contributed by atoms with Gasteiger partial charge in [0.2, 0.25) is 11.5 Å². The SMILES string of the molecule is COc1cc([C@H]2c3c(oc4ccc(F)cc4c3=O)C(=O)N2CCCN(C)C)cc(OC)c1OC. The lowest BCUT2D eigenvalue weighted by molar-refractivity contribution is 0.0722. The van der Waals surface area contributed by atoms with Gasteiger partial charge < -0.3 is 28.4 Å². The van der Waals surface area contributed by atoms with E-state index in [9.17, 15) is 14.0 Å². The third-order valence-corrected chi connectivity index (χ3v) is 5.93. The third kappa shape index (κ3) is 3.96. The van der Waals surface area contributed by atoms with E-state index in [0.717, 1.165) is 12.6 Å². The van der Waals surface area contributed by atoms with Gasteiger partial charge in [-0.15, -0.1) is 0 Å². The molecule has 0 radical (unpaired) electrons. The quantitative estimate of drug-likeness (QED) is 0.499. The molecule has 0 unspecified atom stereocenters. The zero-order valence-electron chi connectivity index (χ0n) is 19.8. The maximum Gasteiger partial charge on any atom is 0.290 e. The van der Waals surface area contributed by atoms with E-state index in [2.05, 4.69) is 0 Å². The molecule has 8 nitrogen and oxygen atoms in total. The van der Waals surface area contributed by atoms with Crippen LogP contribution in [0.15, 0.2) is 39.5 Å². The Morgan fingerprint density at radius 3 is 2.29 bits per heavy atom. The highest BCUT2D eigenvalue weighted by Crippen LogP contribution is 2.45. The van der Waals surface area contributed by atoms with Crippen LogP contribution >= 0.6 is 0 Å². The average Bonchev–Trinajstić information content (AvgIpc) is 3.10. The summed E-state index contributed by atoms with van der Waals surface area (Å²) in [7, 11) is 8.38. The Hall–Kier alpha value is -3.59. The summed E-state index contributed by atoms with van der Waals surface area (Å²) in [6.45, 7) is 1.13. The Bertz CT molecular complexity index is 1280. The van der Waals surface area contributed by atoms with Gasteiger partial charge in [-0.2, -0.15) is 0 Å². The van der Waals surface area contributed by atoms with Crippen molar-refractivity contribution in [3.8, 4) is 17.2 Å². The summed E-state index contributed by atoms with van der Waals surface area (Å²) in [5.74, 6) is 0.189. The van der Waals surface area contributed by atoms with Gasteiger partial charge in [0.1, 0.15) is 11.4 Å². The standard InChI is InChI=1S/C25H27FN2O6/c1-27(2)9-6-10-28-21(14-11-18(31-3)23(33-5)19(12-14)32-4)20-22(29)16-13-15(26)7-8-17(16)34-24(20)25(28)30/h7-8,11-13,21H,6,9-10H2,1-5H3/t21-/m0/s1. The Balaban J connectivity index is 1.95. The zero-order valence-corrected chi connectivity index (χ0v) is 19.8. The monoisotopic (exact) mass is 470 g/mol. The molecule has 0 saturated carbocycles. The number of carbonyl (C=O) groups excluding carboxylic acids is 1. The summed E-state index contributed by atoms with van der Waals surface area (Å²) in [6.07, 6.45) is 0.677. The minimum Gasteiger partial charge on any atom is -0.493 e. The molecule has 2 heterocycles. The van der Waals surface area contributed by atoms with Gasteiger partial charge in [0.05, 0.1) is 38.3 Å². The number of carbonyl (C=O) groups is 1. The number of amides is 1. The molecular formula is C25H27FN2O6. The van der Waals surface area contributed by atoms with Crippen LogP contribution in [-0.2, 0) is 0 Å². The minimum atomic E-state index is -0.762. The Morgan fingerprint density at radius 1 is 1.03 bits per heavy atom. The van der Waals surface area contributed by atoms with E-state index in [4.69, 9.17) is 18.6 Å². The number of halogens is 1. The summed E-state index contributed by atoms with van der Waals surface area (Å²) in [4.78, 5) is 30.7. The molecule has 1 aliphatic heterocycles. The highest BCUT2D eigenvalue weighted by atomic mass is 19.1. The molecule has 2 aromatic carbocycles. The topological polar surface area (TPSA) is 81.5 Å². The summed E-state index contributed by atoms with van der Waals surface area (Å²) < 4.78 is 36.2. The lowest BCUT2D eigenvalue weighted by Gasteiger charge is -2.27. The van der Waals surface area contributed by atoms with Crippen LogP contribution in [0.2, 0.25) is 0 Å². The van der Waals surface area contributed by atoms with Gasteiger partial charge in [-0.1, -0.05) is 0 Å². The van der Waals surface area contributed by atoms with Crippen molar-refractivity contribution in [3.63, 3.8) is 0 Å². The molecule has 0 aliphatic carbocycles. The number of nitrogens with zero attached hydrogens (tertiary/aromatic N) is 2. The second-order valence-electron chi connectivity index (χ2n) is 8.33. The molecule has 1 aromatic heterocycles. The van der Waals surface area contributed by atoms with Crippen LogP contribution in [-0.4, -0.2) is 64.2 Å². The van der Waals surface area contributed by atoms with E-state index in [-0.39, 0.29) is 22.3 Å². The zero-order chi connectivity index (χ0) is 24.6. The van der Waals surface area contributed by atoms with Crippen LogP contribution in [0, 0.1) is 5.82 Å². The normalized spacial score (nSPS) is 15.2. The number of rotatable bonds is 8. The van der Waals surface area contributed by atoms with Crippen LogP contribution in [0.25, 0.3) is 11.0 Å². The van der Waals surface area contributed by atoms with Gasteiger partial charge >= 0.3 is 0 Å². The minimum absolute atomic E-state index is 0.0345. The van der Waals surface area contributed by atoms with Gasteiger partial charge in [0.15, 0.2) is 16.9 Å². The summed E-state index contributed by atoms with van der Waals surface area (Å²) >= 11 is 0. The number of hydrogen-bond acceptors (Lipinski definition) is 7. The Labute approximate surface area is 196 Å². The highest BCUT2D eigenvalue weighted by molar-refractivity contribution is 5.99. The number of hydrogen-bond donors (Lipinski definition) is 0. The lowest BCUT2D eigenvalue weighted by atomic mass is 9.97. The molecule has 0 fully saturated rings. The summed E-state index contributed by atoms with van der Waals surface area (Å²) in [6, 6.07) is 6.35. The smallest absolute Gasteiger partial charge is 0.290 e. The van der Waals surface area contributed by atoms with Crippen LogP contribution < -0.4 is 19.6 Å². The molecule has 3 aromatic rings. The van der Waals surface area contributed by atoms with Crippen molar-refractivity contribution in [2.24, 2.45) is 0 Å². The molecule has 9 heteroatoms. The van der Waals surface area contributed by atoms with Crippen molar-refractivity contribution < 1.29 is 27.8 Å². The largest absolute Gasteiger partial charge is 0.493 e. The van der Waals surface area contributed by atoms with E-state index in [0.29, 0.717) is 35.8 Å². The van der Waals surface area contributed by atoms with E-state index in [1.54, 1.807) is 17.0 Å². The van der Waals surface area contributed by atoms with Gasteiger partial charge in [0.25, 0.3) is 5.91 Å². The molecule has 0 saturated heterocycles. The third-order valence-electron chi connectivity index (χ3n) is 5.93. The Morgan fingerprint density at radius 2 is 1.71 bits per heavy atom. The maximum atomic E-state index is 14.0. The highest BCUT2D eigenvalue weighted by Gasteiger charge is 2.43. The Kier molecular flexibility index (Phi) is 6.47. The number of methoxy groups -OCH3 is 3. The maximum absolute atomic E-state index is 14.0. The van der Waals surface area contributed by atoms with E-state index < -0.39 is 23.2 Å². The molecule has 34 heavy (non-hydrogen) atoms. The molecule has 1 atom stereocenters. The lowest BCUT2D eigenvalue weighted by Crippen LogP contribution is -2.32. The summed E-state index contributed by atoms with van der Waals surface area (Å²) in [5, 5.41) is 0.0825. The predicted molar refractivity (Wildman–Crippen MR) is 125 cm³/mol. The predicted octanol–water partition coefficient (Wildman–Crippen LogP) is 3.45. The first-order valence-electron chi connectivity index (χ1n) is 10.8. The van der Waals surface area contributed by atoms with Crippen LogP contribution in [0.5, 0.6) is 17.2 Å². The van der Waals surface area contributed by atoms with Crippen molar-refractivity contribution in [1.82, 2.24) is 9.80 Å². The fourth-order valence-electron chi connectivity index (χ4n) is 4.39. The van der Waals surface area contributed by atoms with Gasteiger partial charge in [-0.25, -0.2) is 4.39 Å². The van der Waals surface area contributed by atoms with E-state index in [1.807, 2.05) is 19.0 Å². The molecule has 0 bridgehead atoms. The van der Waals surface area contributed by atoms with Crippen LogP contribution in [0.4, 0.5) is 4.39 Å². The number of benzene rings is 2. The van der Waals surface area contributed by atoms with E-state index in [1.165, 1.54) is 33.5 Å². The summed E-state index contributed by atoms with van der Waals surface area (Å²) in [5.41, 5.74) is 0.479. The molecule has 1 aliphatic rings. The first-order chi connectivity index (χ1) is 16.3. The second kappa shape index (κ2) is 9.34. The number of fused-ring (bicyclic) bond motifs is 2. The molecule has 180 valence electrons. The van der Waals surface area contributed by atoms with Crippen molar-refractivity contribution in [3.05, 3.63) is 63.3 Å². The first kappa shape index (κ1) is 23.6. The number of ether oxygens (including phenoxy) is 3. The molecular weight excluding hydrogens is 443 g/mol. The molecule has 4 rings (SSSR count). The average molecular weight is 470 g/mol. The second-order valence-corrected chi connectivity index (χ2v) is 8.33. The van der Waals surface area contributed by atoms with Gasteiger partial charge in [-0.05, 0) is 63.0 Å². The van der Waals surface area contributed by atoms with Crippen molar-refractivity contribution in [2.75, 3.05) is 48.5 Å². The fourth-order valence-corrected chi connectivity index (χ4v) is 4.39. The van der Waals surface area contributed by atoms with Crippen LogP contribution in [0.3, 0.4) is 0 Å². The fraction of sp³-hybridized carbons (Fsp3) is 0.360. The molecule has 0 N–H and O–H groups in total. The van der Waals surface area contributed by atoms with Crippen molar-refractivity contribution in [1.29, 1.82) is 0 Å². The van der Waals surface area contributed by atoms with Crippen molar-refractivity contribution in [2.45, 2.75) is 12.5 Å².